The lowest BCUT2D eigenvalue weighted by Gasteiger charge is -2.26. The summed E-state index contributed by atoms with van der Waals surface area (Å²) >= 11 is 0. The van der Waals surface area contributed by atoms with Crippen LogP contribution < -0.4 is 15.8 Å². The van der Waals surface area contributed by atoms with Gasteiger partial charge in [0.25, 0.3) is 0 Å². The summed E-state index contributed by atoms with van der Waals surface area (Å²) in [4.78, 5) is 26.3. The maximum atomic E-state index is 13.1. The van der Waals surface area contributed by atoms with Gasteiger partial charge in [0.05, 0.1) is 26.7 Å². The standard InChI is InChI=1S/C21H22N4O7S/c1-30-17-6-5-14(11-18(17)33(28,29)25-7-9-31-10-8-25)12-19(26)22-16-4-2-3-15(13-16)20-23-21(27)32-24-20/h2-6,11,13H,7-10,12H2,1H3,(H,22,26)(H,23,24,27). The highest BCUT2D eigenvalue weighted by Crippen LogP contribution is 2.29. The molecule has 4 rings (SSSR count). The Morgan fingerprint density at radius 2 is 2.00 bits per heavy atom. The fraction of sp³-hybridized carbons (Fsp3) is 0.286. The average Bonchev–Trinajstić information content (AvgIpc) is 3.26. The molecule has 174 valence electrons. The van der Waals surface area contributed by atoms with E-state index in [2.05, 4.69) is 20.0 Å². The summed E-state index contributed by atoms with van der Waals surface area (Å²) in [5.74, 6) is -0.577. The van der Waals surface area contributed by atoms with Crippen LogP contribution in [0.25, 0.3) is 11.4 Å². The van der Waals surface area contributed by atoms with Gasteiger partial charge in [-0.15, -0.1) is 0 Å². The Hall–Kier alpha value is -3.48. The van der Waals surface area contributed by atoms with E-state index in [9.17, 15) is 18.0 Å². The maximum Gasteiger partial charge on any atom is 0.439 e. The molecule has 0 atom stereocenters. The predicted octanol–water partition coefficient (Wildman–Crippen LogP) is 1.24. The third-order valence-corrected chi connectivity index (χ3v) is 6.96. The van der Waals surface area contributed by atoms with Crippen LogP contribution in [0.4, 0.5) is 5.69 Å². The van der Waals surface area contributed by atoms with Gasteiger partial charge in [0.1, 0.15) is 10.6 Å². The van der Waals surface area contributed by atoms with Gasteiger partial charge in [-0.1, -0.05) is 23.4 Å². The summed E-state index contributed by atoms with van der Waals surface area (Å²) in [5.41, 5.74) is 1.55. The fourth-order valence-electron chi connectivity index (χ4n) is 3.45. The number of benzene rings is 2. The van der Waals surface area contributed by atoms with Gasteiger partial charge in [-0.05, 0) is 29.8 Å². The van der Waals surface area contributed by atoms with Crippen molar-refractivity contribution in [2.75, 3.05) is 38.7 Å². The lowest BCUT2D eigenvalue weighted by Crippen LogP contribution is -2.40. The number of hydrogen-bond acceptors (Lipinski definition) is 8. The van der Waals surface area contributed by atoms with Gasteiger partial charge in [-0.3, -0.25) is 14.3 Å². The van der Waals surface area contributed by atoms with Crippen molar-refractivity contribution in [3.05, 3.63) is 58.6 Å². The van der Waals surface area contributed by atoms with E-state index >= 15 is 0 Å². The maximum absolute atomic E-state index is 13.1. The van der Waals surface area contributed by atoms with E-state index in [1.807, 2.05) is 0 Å². The quantitative estimate of drug-likeness (QED) is 0.521. The number of aromatic amines is 1. The molecule has 12 heteroatoms. The Kier molecular flexibility index (Phi) is 6.58. The molecule has 0 radical (unpaired) electrons. The minimum atomic E-state index is -3.80. The van der Waals surface area contributed by atoms with Crippen LogP contribution >= 0.6 is 0 Å². The first-order valence-corrected chi connectivity index (χ1v) is 11.5. The molecule has 1 aliphatic rings. The van der Waals surface area contributed by atoms with Gasteiger partial charge in [0.15, 0.2) is 5.82 Å². The van der Waals surface area contributed by atoms with E-state index in [0.717, 1.165) is 0 Å². The van der Waals surface area contributed by atoms with E-state index in [1.54, 1.807) is 30.3 Å². The SMILES string of the molecule is COc1ccc(CC(=O)Nc2cccc(-c3noc(=O)[nH]3)c2)cc1S(=O)(=O)N1CCOCC1. The zero-order valence-corrected chi connectivity index (χ0v) is 18.6. The smallest absolute Gasteiger partial charge is 0.439 e. The van der Waals surface area contributed by atoms with Crippen molar-refractivity contribution in [3.63, 3.8) is 0 Å². The summed E-state index contributed by atoms with van der Waals surface area (Å²) in [6, 6.07) is 11.4. The molecule has 0 saturated carbocycles. The first kappa shape index (κ1) is 22.7. The molecule has 0 unspecified atom stereocenters. The van der Waals surface area contributed by atoms with Crippen LogP contribution in [-0.4, -0.2) is 62.2 Å². The first-order chi connectivity index (χ1) is 15.9. The van der Waals surface area contributed by atoms with E-state index in [1.165, 1.54) is 23.5 Å². The third-order valence-electron chi connectivity index (χ3n) is 5.04. The Balaban J connectivity index is 1.52. The molecule has 1 aliphatic heterocycles. The van der Waals surface area contributed by atoms with Crippen molar-refractivity contribution in [1.82, 2.24) is 14.4 Å². The Morgan fingerprint density at radius 1 is 1.21 bits per heavy atom. The number of nitrogens with one attached hydrogen (secondary N) is 2. The van der Waals surface area contributed by atoms with Crippen molar-refractivity contribution in [3.8, 4) is 17.1 Å². The van der Waals surface area contributed by atoms with Crippen molar-refractivity contribution in [2.24, 2.45) is 0 Å². The van der Waals surface area contributed by atoms with Crippen molar-refractivity contribution >= 4 is 21.6 Å². The summed E-state index contributed by atoms with van der Waals surface area (Å²) in [6.07, 6.45) is -0.0549. The molecule has 11 nitrogen and oxygen atoms in total. The minimum absolute atomic E-state index is 0.00850. The topological polar surface area (TPSA) is 144 Å². The number of amides is 1. The van der Waals surface area contributed by atoms with E-state index in [-0.39, 0.29) is 41.9 Å². The molecule has 2 heterocycles. The number of carbonyl (C=O) groups is 1. The van der Waals surface area contributed by atoms with Gasteiger partial charge in [0, 0.05) is 24.3 Å². The molecule has 3 aromatic rings. The molecule has 33 heavy (non-hydrogen) atoms. The van der Waals surface area contributed by atoms with Gasteiger partial charge in [-0.25, -0.2) is 13.2 Å². The van der Waals surface area contributed by atoms with Crippen molar-refractivity contribution < 1.29 is 27.2 Å². The largest absolute Gasteiger partial charge is 0.495 e. The summed E-state index contributed by atoms with van der Waals surface area (Å²) in [6.45, 7) is 1.16. The van der Waals surface area contributed by atoms with Crippen LogP contribution in [0.1, 0.15) is 5.56 Å². The van der Waals surface area contributed by atoms with E-state index in [0.29, 0.717) is 30.0 Å². The first-order valence-electron chi connectivity index (χ1n) is 10.1. The predicted molar refractivity (Wildman–Crippen MR) is 117 cm³/mol. The molecule has 0 aliphatic carbocycles. The molecule has 2 aromatic carbocycles. The molecule has 1 aromatic heterocycles. The number of anilines is 1. The van der Waals surface area contributed by atoms with Gasteiger partial charge in [-0.2, -0.15) is 4.31 Å². The van der Waals surface area contributed by atoms with Crippen LogP contribution in [0.5, 0.6) is 5.75 Å². The monoisotopic (exact) mass is 474 g/mol. The third kappa shape index (κ3) is 5.13. The number of carbonyl (C=O) groups excluding carboxylic acids is 1. The molecule has 2 N–H and O–H groups in total. The number of sulfonamides is 1. The average molecular weight is 474 g/mol. The van der Waals surface area contributed by atoms with Crippen LogP contribution in [0, 0.1) is 0 Å². The van der Waals surface area contributed by atoms with Crippen LogP contribution in [0.15, 0.2) is 56.7 Å². The number of hydrogen-bond donors (Lipinski definition) is 2. The molecule has 0 spiro atoms. The highest BCUT2D eigenvalue weighted by molar-refractivity contribution is 7.89. The number of morpholine rings is 1. The number of ether oxygens (including phenoxy) is 2. The Bertz CT molecular complexity index is 1310. The fourth-order valence-corrected chi connectivity index (χ4v) is 5.06. The van der Waals surface area contributed by atoms with Gasteiger partial charge in [0.2, 0.25) is 15.9 Å². The van der Waals surface area contributed by atoms with Crippen molar-refractivity contribution in [1.29, 1.82) is 0 Å². The lowest BCUT2D eigenvalue weighted by molar-refractivity contribution is -0.115. The zero-order chi connectivity index (χ0) is 23.4. The molecule has 1 fully saturated rings. The molecule has 1 amide bonds. The van der Waals surface area contributed by atoms with Crippen LogP contribution in [-0.2, 0) is 26.0 Å². The number of nitrogens with zero attached hydrogens (tertiary/aromatic N) is 2. The molecular formula is C21H22N4O7S. The summed E-state index contributed by atoms with van der Waals surface area (Å²) in [5, 5.41) is 6.39. The number of aromatic nitrogens is 2. The number of methoxy groups -OCH3 is 1. The highest BCUT2D eigenvalue weighted by Gasteiger charge is 2.29. The molecular weight excluding hydrogens is 452 g/mol. The van der Waals surface area contributed by atoms with Crippen LogP contribution in [0.2, 0.25) is 0 Å². The molecule has 1 saturated heterocycles. The van der Waals surface area contributed by atoms with Crippen molar-refractivity contribution in [2.45, 2.75) is 11.3 Å². The highest BCUT2D eigenvalue weighted by atomic mass is 32.2. The van der Waals surface area contributed by atoms with E-state index in [4.69, 9.17) is 9.47 Å². The summed E-state index contributed by atoms with van der Waals surface area (Å²) < 4.78 is 42.6. The molecule has 0 bridgehead atoms. The normalized spacial score (nSPS) is 14.7. The summed E-state index contributed by atoms with van der Waals surface area (Å²) in [7, 11) is -2.41. The van der Waals surface area contributed by atoms with Crippen LogP contribution in [0.3, 0.4) is 0 Å². The number of rotatable bonds is 7. The second-order valence-electron chi connectivity index (χ2n) is 7.25. The van der Waals surface area contributed by atoms with E-state index < -0.39 is 15.8 Å². The second kappa shape index (κ2) is 9.57. The number of H-pyrrole nitrogens is 1. The Morgan fingerprint density at radius 3 is 2.70 bits per heavy atom. The van der Waals surface area contributed by atoms with Gasteiger partial charge >= 0.3 is 5.76 Å². The lowest BCUT2D eigenvalue weighted by atomic mass is 10.1. The van der Waals surface area contributed by atoms with Gasteiger partial charge < -0.3 is 14.8 Å². The Labute approximate surface area is 189 Å². The minimum Gasteiger partial charge on any atom is -0.495 e. The second-order valence-corrected chi connectivity index (χ2v) is 9.16. The zero-order valence-electron chi connectivity index (χ0n) is 17.7.